The maximum Gasteiger partial charge on any atom is 0.0916 e. The van der Waals surface area contributed by atoms with Gasteiger partial charge in [-0.25, -0.2) is 0 Å². The highest BCUT2D eigenvalue weighted by atomic mass is 16.7. The molecule has 3 heteroatoms. The highest BCUT2D eigenvalue weighted by molar-refractivity contribution is 4.84. The Labute approximate surface area is 55.3 Å². The summed E-state index contributed by atoms with van der Waals surface area (Å²) in [5, 5.41) is 0. The Bertz CT molecular complexity index is 87.5. The normalized spacial score (nSPS) is 8.89. The zero-order valence-corrected chi connectivity index (χ0v) is 5.52. The van der Waals surface area contributed by atoms with E-state index in [0.29, 0.717) is 19.8 Å². The summed E-state index contributed by atoms with van der Waals surface area (Å²) in [5.74, 6) is 2.37. The van der Waals surface area contributed by atoms with Gasteiger partial charge in [-0.05, 0) is 0 Å². The highest BCUT2D eigenvalue weighted by Gasteiger charge is 1.81. The van der Waals surface area contributed by atoms with Crippen molar-refractivity contribution in [3.63, 3.8) is 0 Å². The third kappa shape index (κ3) is 7.44. The van der Waals surface area contributed by atoms with Crippen molar-refractivity contribution in [2.75, 3.05) is 26.9 Å². The topological polar surface area (TPSA) is 30.5 Å². The van der Waals surface area contributed by atoms with Gasteiger partial charge in [-0.15, -0.1) is 6.42 Å². The van der Waals surface area contributed by atoms with Crippen LogP contribution in [-0.2, 0) is 9.57 Å². The van der Waals surface area contributed by atoms with Crippen molar-refractivity contribution in [2.24, 2.45) is 0 Å². The van der Waals surface area contributed by atoms with Crippen molar-refractivity contribution in [2.45, 2.75) is 0 Å². The minimum Gasteiger partial charge on any atom is -0.382 e. The SMILES string of the molecule is C#CCNOCCOC. The molecule has 0 heterocycles. The van der Waals surface area contributed by atoms with Crippen LogP contribution in [0.3, 0.4) is 0 Å². The number of ether oxygens (including phenoxy) is 1. The van der Waals surface area contributed by atoms with Crippen LogP contribution in [0.25, 0.3) is 0 Å². The van der Waals surface area contributed by atoms with Crippen molar-refractivity contribution < 1.29 is 9.57 Å². The van der Waals surface area contributed by atoms with Crippen LogP contribution in [0.1, 0.15) is 0 Å². The molecule has 0 aromatic heterocycles. The van der Waals surface area contributed by atoms with E-state index in [1.807, 2.05) is 0 Å². The smallest absolute Gasteiger partial charge is 0.0916 e. The predicted molar refractivity (Wildman–Crippen MR) is 34.7 cm³/mol. The standard InChI is InChI=1S/C6H11NO2/c1-3-4-7-9-6-5-8-2/h1,7H,4-6H2,2H3. The van der Waals surface area contributed by atoms with Crippen LogP contribution < -0.4 is 5.48 Å². The lowest BCUT2D eigenvalue weighted by atomic mass is 10.7. The van der Waals surface area contributed by atoms with Gasteiger partial charge in [0.25, 0.3) is 0 Å². The van der Waals surface area contributed by atoms with Gasteiger partial charge < -0.3 is 4.74 Å². The van der Waals surface area contributed by atoms with Crippen molar-refractivity contribution in [3.8, 4) is 12.3 Å². The van der Waals surface area contributed by atoms with Crippen LogP contribution in [0.15, 0.2) is 0 Å². The van der Waals surface area contributed by atoms with E-state index in [2.05, 4.69) is 11.4 Å². The summed E-state index contributed by atoms with van der Waals surface area (Å²) in [5.41, 5.74) is 2.55. The van der Waals surface area contributed by atoms with E-state index in [0.717, 1.165) is 0 Å². The second kappa shape index (κ2) is 7.44. The van der Waals surface area contributed by atoms with Crippen LogP contribution in [0.4, 0.5) is 0 Å². The van der Waals surface area contributed by atoms with Gasteiger partial charge in [-0.3, -0.25) is 4.84 Å². The van der Waals surface area contributed by atoms with E-state index >= 15 is 0 Å². The number of hydrogen-bond acceptors (Lipinski definition) is 3. The van der Waals surface area contributed by atoms with Gasteiger partial charge in [-0.2, -0.15) is 5.48 Å². The van der Waals surface area contributed by atoms with Gasteiger partial charge in [-0.1, -0.05) is 5.92 Å². The average Bonchev–Trinajstić information content (AvgIpc) is 1.89. The lowest BCUT2D eigenvalue weighted by Crippen LogP contribution is -2.17. The maximum absolute atomic E-state index is 4.92. The summed E-state index contributed by atoms with van der Waals surface area (Å²) in [7, 11) is 1.62. The molecule has 0 saturated heterocycles. The second-order valence-corrected chi connectivity index (χ2v) is 1.37. The van der Waals surface area contributed by atoms with E-state index in [-0.39, 0.29) is 0 Å². The molecule has 0 rings (SSSR count). The molecule has 0 bridgehead atoms. The van der Waals surface area contributed by atoms with Gasteiger partial charge in [0, 0.05) is 7.11 Å². The predicted octanol–water partition coefficient (Wildman–Crippen LogP) is -0.213. The molecule has 0 aromatic rings. The first kappa shape index (κ1) is 8.44. The fourth-order valence-corrected chi connectivity index (χ4v) is 0.290. The molecule has 0 spiro atoms. The Kier molecular flexibility index (Phi) is 6.98. The van der Waals surface area contributed by atoms with E-state index in [4.69, 9.17) is 16.0 Å². The number of terminal acetylenes is 1. The molecule has 1 N–H and O–H groups in total. The Morgan fingerprint density at radius 1 is 1.56 bits per heavy atom. The molecule has 0 unspecified atom stereocenters. The third-order valence-corrected chi connectivity index (χ3v) is 0.666. The van der Waals surface area contributed by atoms with Gasteiger partial charge in [0.1, 0.15) is 0 Å². The molecule has 0 amide bonds. The quantitative estimate of drug-likeness (QED) is 0.316. The monoisotopic (exact) mass is 129 g/mol. The molecular formula is C6H11NO2. The van der Waals surface area contributed by atoms with Crippen LogP contribution in [0, 0.1) is 12.3 Å². The van der Waals surface area contributed by atoms with E-state index < -0.39 is 0 Å². The van der Waals surface area contributed by atoms with Crippen LogP contribution in [0.5, 0.6) is 0 Å². The van der Waals surface area contributed by atoms with Crippen LogP contribution in [0.2, 0.25) is 0 Å². The summed E-state index contributed by atoms with van der Waals surface area (Å²) < 4.78 is 4.71. The minimum absolute atomic E-state index is 0.434. The molecule has 0 saturated carbocycles. The zero-order chi connectivity index (χ0) is 6.95. The summed E-state index contributed by atoms with van der Waals surface area (Å²) >= 11 is 0. The summed E-state index contributed by atoms with van der Waals surface area (Å²) in [6.45, 7) is 1.54. The Morgan fingerprint density at radius 3 is 2.89 bits per heavy atom. The highest BCUT2D eigenvalue weighted by Crippen LogP contribution is 1.68. The number of hydroxylamine groups is 1. The number of hydrogen-bond donors (Lipinski definition) is 1. The van der Waals surface area contributed by atoms with Crippen LogP contribution in [-0.4, -0.2) is 26.9 Å². The van der Waals surface area contributed by atoms with Gasteiger partial charge >= 0.3 is 0 Å². The molecule has 0 atom stereocenters. The lowest BCUT2D eigenvalue weighted by molar-refractivity contribution is 0.0131. The van der Waals surface area contributed by atoms with Crippen molar-refractivity contribution in [1.29, 1.82) is 0 Å². The molecule has 0 radical (unpaired) electrons. The maximum atomic E-state index is 4.92. The fourth-order valence-electron chi connectivity index (χ4n) is 0.290. The Morgan fingerprint density at radius 2 is 2.33 bits per heavy atom. The molecule has 0 aromatic carbocycles. The van der Waals surface area contributed by atoms with Crippen molar-refractivity contribution in [1.82, 2.24) is 5.48 Å². The molecule has 3 nitrogen and oxygen atoms in total. The van der Waals surface area contributed by atoms with E-state index in [9.17, 15) is 0 Å². The third-order valence-electron chi connectivity index (χ3n) is 0.666. The molecule has 0 aliphatic heterocycles. The fraction of sp³-hybridized carbons (Fsp3) is 0.667. The van der Waals surface area contributed by atoms with Gasteiger partial charge in [0.05, 0.1) is 19.8 Å². The first-order valence-corrected chi connectivity index (χ1v) is 2.69. The first-order chi connectivity index (χ1) is 4.41. The molecule has 0 aliphatic carbocycles. The number of nitrogens with one attached hydrogen (secondary N) is 1. The van der Waals surface area contributed by atoms with Gasteiger partial charge in [0.2, 0.25) is 0 Å². The van der Waals surface area contributed by atoms with E-state index in [1.165, 1.54) is 0 Å². The molecule has 52 valence electrons. The Hall–Kier alpha value is -0.560. The zero-order valence-electron chi connectivity index (χ0n) is 5.52. The second-order valence-electron chi connectivity index (χ2n) is 1.37. The largest absolute Gasteiger partial charge is 0.382 e. The Balaban J connectivity index is 2.69. The number of rotatable bonds is 5. The van der Waals surface area contributed by atoms with Crippen LogP contribution >= 0.6 is 0 Å². The molecule has 0 aliphatic rings. The first-order valence-electron chi connectivity index (χ1n) is 2.69. The summed E-state index contributed by atoms with van der Waals surface area (Å²) in [6, 6.07) is 0. The molecule has 9 heavy (non-hydrogen) atoms. The van der Waals surface area contributed by atoms with Crippen molar-refractivity contribution >= 4 is 0 Å². The summed E-state index contributed by atoms with van der Waals surface area (Å²) in [6.07, 6.45) is 4.92. The minimum atomic E-state index is 0.434. The molecular weight excluding hydrogens is 118 g/mol. The summed E-state index contributed by atoms with van der Waals surface area (Å²) in [4.78, 5) is 4.80. The van der Waals surface area contributed by atoms with E-state index in [1.54, 1.807) is 7.11 Å². The average molecular weight is 129 g/mol. The van der Waals surface area contributed by atoms with Crippen molar-refractivity contribution in [3.05, 3.63) is 0 Å². The van der Waals surface area contributed by atoms with Gasteiger partial charge in [0.15, 0.2) is 0 Å². The lowest BCUT2D eigenvalue weighted by Gasteiger charge is -1.99. The molecule has 0 fully saturated rings. The number of methoxy groups -OCH3 is 1.